The van der Waals surface area contributed by atoms with Gasteiger partial charge in [-0.2, -0.15) is 0 Å². The van der Waals surface area contributed by atoms with Gasteiger partial charge < -0.3 is 14.6 Å². The number of carbonyl (C=O) groups is 1. The van der Waals surface area contributed by atoms with Crippen molar-refractivity contribution >= 4 is 16.9 Å². The maximum absolute atomic E-state index is 12.8. The van der Waals surface area contributed by atoms with E-state index in [2.05, 4.69) is 61.0 Å². The molecule has 1 amide bonds. The number of hydrogen-bond donors (Lipinski definition) is 1. The molecule has 1 aromatic heterocycles. The van der Waals surface area contributed by atoms with Crippen molar-refractivity contribution in [2.45, 2.75) is 39.3 Å². The first kappa shape index (κ1) is 21.6. The zero-order valence-corrected chi connectivity index (χ0v) is 19.1. The molecule has 0 saturated carbocycles. The van der Waals surface area contributed by atoms with E-state index in [0.717, 1.165) is 16.9 Å². The van der Waals surface area contributed by atoms with Gasteiger partial charge >= 0.3 is 0 Å². The predicted octanol–water partition coefficient (Wildman–Crippen LogP) is 5.32. The number of fused-ring (bicyclic) bond motifs is 1. The highest BCUT2D eigenvalue weighted by Gasteiger charge is 2.16. The van der Waals surface area contributed by atoms with Crippen LogP contribution in [0.2, 0.25) is 0 Å². The third-order valence-corrected chi connectivity index (χ3v) is 5.65. The Labute approximate surface area is 189 Å². The summed E-state index contributed by atoms with van der Waals surface area (Å²) in [5, 5.41) is 3.00. The number of amides is 1. The number of nitrogens with one attached hydrogen (secondary N) is 1. The van der Waals surface area contributed by atoms with Gasteiger partial charge in [0, 0.05) is 6.54 Å². The molecule has 5 nitrogen and oxygen atoms in total. The number of nitrogens with zero attached hydrogens (tertiary/aromatic N) is 2. The second-order valence-electron chi connectivity index (χ2n) is 8.93. The van der Waals surface area contributed by atoms with Crippen LogP contribution in [-0.2, 0) is 18.5 Å². The first-order valence-corrected chi connectivity index (χ1v) is 10.8. The number of para-hydroxylation sites is 3. The summed E-state index contributed by atoms with van der Waals surface area (Å²) in [7, 11) is 1.57. The van der Waals surface area contributed by atoms with Crippen molar-refractivity contribution in [1.82, 2.24) is 14.9 Å². The highest BCUT2D eigenvalue weighted by atomic mass is 16.5. The van der Waals surface area contributed by atoms with E-state index in [-0.39, 0.29) is 11.3 Å². The lowest BCUT2D eigenvalue weighted by molar-refractivity contribution is 0.0946. The van der Waals surface area contributed by atoms with Crippen LogP contribution in [0.1, 0.15) is 48.1 Å². The molecule has 0 unspecified atom stereocenters. The zero-order chi connectivity index (χ0) is 22.7. The molecular formula is C27H29N3O2. The monoisotopic (exact) mass is 427 g/mol. The van der Waals surface area contributed by atoms with Crippen LogP contribution in [0, 0.1) is 0 Å². The summed E-state index contributed by atoms with van der Waals surface area (Å²) < 4.78 is 7.49. The van der Waals surface area contributed by atoms with E-state index in [1.54, 1.807) is 19.2 Å². The minimum absolute atomic E-state index is 0.119. The number of ether oxygens (including phenoxy) is 1. The summed E-state index contributed by atoms with van der Waals surface area (Å²) in [5.74, 6) is 1.18. The molecule has 0 fully saturated rings. The van der Waals surface area contributed by atoms with Gasteiger partial charge in [-0.05, 0) is 40.8 Å². The Balaban J connectivity index is 1.60. The maximum Gasteiger partial charge on any atom is 0.255 e. The lowest BCUT2D eigenvalue weighted by atomic mass is 9.87. The molecule has 164 valence electrons. The number of benzene rings is 3. The predicted molar refractivity (Wildman–Crippen MR) is 128 cm³/mol. The van der Waals surface area contributed by atoms with Gasteiger partial charge in [0.05, 0.1) is 30.3 Å². The Bertz CT molecular complexity index is 1230. The van der Waals surface area contributed by atoms with Crippen LogP contribution < -0.4 is 10.1 Å². The van der Waals surface area contributed by atoms with Crippen LogP contribution in [-0.4, -0.2) is 22.6 Å². The van der Waals surface area contributed by atoms with E-state index in [0.29, 0.717) is 24.4 Å². The molecule has 0 bridgehead atoms. The molecule has 4 aromatic rings. The molecule has 4 rings (SSSR count). The molecule has 0 aliphatic heterocycles. The molecule has 0 radical (unpaired) electrons. The van der Waals surface area contributed by atoms with Crippen LogP contribution in [0.15, 0.2) is 72.8 Å². The summed E-state index contributed by atoms with van der Waals surface area (Å²) in [6, 6.07) is 24.0. The van der Waals surface area contributed by atoms with Crippen molar-refractivity contribution in [1.29, 1.82) is 0 Å². The molecule has 0 saturated heterocycles. The van der Waals surface area contributed by atoms with Crippen LogP contribution in [0.4, 0.5) is 0 Å². The number of carbonyl (C=O) groups excluding carboxylic acids is 1. The quantitative estimate of drug-likeness (QED) is 0.453. The average molecular weight is 428 g/mol. The van der Waals surface area contributed by atoms with E-state index >= 15 is 0 Å². The average Bonchev–Trinajstić information content (AvgIpc) is 3.14. The fourth-order valence-electron chi connectivity index (χ4n) is 3.82. The number of hydrogen-bond acceptors (Lipinski definition) is 3. The fourth-order valence-corrected chi connectivity index (χ4v) is 3.82. The van der Waals surface area contributed by atoms with Gasteiger partial charge in [0.1, 0.15) is 11.6 Å². The number of methoxy groups -OCH3 is 1. The molecule has 32 heavy (non-hydrogen) atoms. The summed E-state index contributed by atoms with van der Waals surface area (Å²) in [5.41, 5.74) is 5.10. The van der Waals surface area contributed by atoms with Crippen molar-refractivity contribution in [2.75, 3.05) is 7.11 Å². The summed E-state index contributed by atoms with van der Waals surface area (Å²) >= 11 is 0. The van der Waals surface area contributed by atoms with Gasteiger partial charge in [-0.3, -0.25) is 4.79 Å². The molecule has 0 aliphatic carbocycles. The Morgan fingerprint density at radius 3 is 2.38 bits per heavy atom. The molecule has 1 N–H and O–H groups in total. The lowest BCUT2D eigenvalue weighted by Gasteiger charge is -2.19. The van der Waals surface area contributed by atoms with Crippen molar-refractivity contribution < 1.29 is 9.53 Å². The fraction of sp³-hybridized carbons (Fsp3) is 0.259. The summed E-state index contributed by atoms with van der Waals surface area (Å²) in [4.78, 5) is 17.6. The Morgan fingerprint density at radius 1 is 0.969 bits per heavy atom. The van der Waals surface area contributed by atoms with Gasteiger partial charge in [-0.25, -0.2) is 4.98 Å². The lowest BCUT2D eigenvalue weighted by Crippen LogP contribution is -2.25. The van der Waals surface area contributed by atoms with Crippen LogP contribution in [0.25, 0.3) is 11.0 Å². The van der Waals surface area contributed by atoms with E-state index in [9.17, 15) is 4.79 Å². The molecule has 0 spiro atoms. The van der Waals surface area contributed by atoms with Gasteiger partial charge in [0.25, 0.3) is 5.91 Å². The first-order chi connectivity index (χ1) is 15.4. The van der Waals surface area contributed by atoms with E-state index in [1.807, 2.05) is 30.3 Å². The standard InChI is InChI=1S/C27H29N3O2/c1-27(2,3)20-15-13-19(14-16-20)18-30-23-11-7-6-10-22(23)29-25(30)17-28-26(31)21-9-5-8-12-24(21)32-4/h5-16H,17-18H2,1-4H3,(H,28,31). The minimum Gasteiger partial charge on any atom is -0.496 e. The second kappa shape index (κ2) is 8.87. The van der Waals surface area contributed by atoms with E-state index < -0.39 is 0 Å². The van der Waals surface area contributed by atoms with Crippen LogP contribution >= 0.6 is 0 Å². The molecule has 5 heteroatoms. The highest BCUT2D eigenvalue weighted by molar-refractivity contribution is 5.96. The smallest absolute Gasteiger partial charge is 0.255 e. The van der Waals surface area contributed by atoms with Gasteiger partial charge in [-0.1, -0.05) is 69.3 Å². The SMILES string of the molecule is COc1ccccc1C(=O)NCc1nc2ccccc2n1Cc1ccc(C(C)(C)C)cc1. The summed E-state index contributed by atoms with van der Waals surface area (Å²) in [6.45, 7) is 7.66. The molecule has 0 aliphatic rings. The van der Waals surface area contributed by atoms with Gasteiger partial charge in [0.15, 0.2) is 0 Å². The third-order valence-electron chi connectivity index (χ3n) is 5.65. The third kappa shape index (κ3) is 4.52. The second-order valence-corrected chi connectivity index (χ2v) is 8.93. The van der Waals surface area contributed by atoms with Crippen LogP contribution in [0.5, 0.6) is 5.75 Å². The highest BCUT2D eigenvalue weighted by Crippen LogP contribution is 2.24. The van der Waals surface area contributed by atoms with Gasteiger partial charge in [-0.15, -0.1) is 0 Å². The number of aromatic nitrogens is 2. The van der Waals surface area contributed by atoms with Gasteiger partial charge in [0.2, 0.25) is 0 Å². The Hall–Kier alpha value is -3.60. The van der Waals surface area contributed by atoms with Crippen LogP contribution in [0.3, 0.4) is 0 Å². The first-order valence-electron chi connectivity index (χ1n) is 10.8. The Morgan fingerprint density at radius 2 is 1.66 bits per heavy atom. The molecule has 1 heterocycles. The van der Waals surface area contributed by atoms with Crippen molar-refractivity contribution in [2.24, 2.45) is 0 Å². The molecular weight excluding hydrogens is 398 g/mol. The zero-order valence-electron chi connectivity index (χ0n) is 19.1. The van der Waals surface area contributed by atoms with Crippen molar-refractivity contribution in [3.05, 3.63) is 95.3 Å². The van der Waals surface area contributed by atoms with Crippen molar-refractivity contribution in [3.63, 3.8) is 0 Å². The minimum atomic E-state index is -0.185. The number of imidazole rings is 1. The normalized spacial score (nSPS) is 11.5. The Kier molecular flexibility index (Phi) is 5.99. The molecule has 3 aromatic carbocycles. The topological polar surface area (TPSA) is 56.1 Å². The van der Waals surface area contributed by atoms with E-state index in [4.69, 9.17) is 9.72 Å². The largest absolute Gasteiger partial charge is 0.496 e. The number of rotatable bonds is 6. The van der Waals surface area contributed by atoms with E-state index in [1.165, 1.54) is 11.1 Å². The maximum atomic E-state index is 12.8. The molecule has 0 atom stereocenters. The summed E-state index contributed by atoms with van der Waals surface area (Å²) in [6.07, 6.45) is 0. The van der Waals surface area contributed by atoms with Crippen molar-refractivity contribution in [3.8, 4) is 5.75 Å².